The van der Waals surface area contributed by atoms with Crippen LogP contribution >= 0.6 is 0 Å². The summed E-state index contributed by atoms with van der Waals surface area (Å²) in [6.07, 6.45) is 12.4. The van der Waals surface area contributed by atoms with Crippen LogP contribution in [0.2, 0.25) is 18.1 Å². The summed E-state index contributed by atoms with van der Waals surface area (Å²) in [5.74, 6) is 0.222. The molecule has 0 bridgehead atoms. The van der Waals surface area contributed by atoms with Crippen molar-refractivity contribution in [1.82, 2.24) is 0 Å². The van der Waals surface area contributed by atoms with Gasteiger partial charge in [0, 0.05) is 12.7 Å². The van der Waals surface area contributed by atoms with Crippen molar-refractivity contribution in [3.05, 3.63) is 78.4 Å². The van der Waals surface area contributed by atoms with Crippen molar-refractivity contribution in [2.75, 3.05) is 11.9 Å². The van der Waals surface area contributed by atoms with Gasteiger partial charge in [-0.1, -0.05) is 87.9 Å². The minimum absolute atomic E-state index is 0.0362. The molecule has 4 nitrogen and oxygen atoms in total. The Morgan fingerprint density at radius 3 is 2.38 bits per heavy atom. The van der Waals surface area contributed by atoms with Gasteiger partial charge in [-0.25, -0.2) is 0 Å². The lowest BCUT2D eigenvalue weighted by molar-refractivity contribution is -0.125. The molecule has 0 heterocycles. The summed E-state index contributed by atoms with van der Waals surface area (Å²) in [7, 11) is -0.131. The van der Waals surface area contributed by atoms with Gasteiger partial charge in [0.25, 0.3) is 0 Å². The average Bonchev–Trinajstić information content (AvgIpc) is 2.89. The lowest BCUT2D eigenvalue weighted by Gasteiger charge is -2.39. The van der Waals surface area contributed by atoms with Crippen molar-refractivity contribution in [3.8, 4) is 0 Å². The smallest absolute Gasteiger partial charge is 0.229 e. The largest absolute Gasteiger partial charge is 0.411 e. The van der Waals surface area contributed by atoms with Gasteiger partial charge in [-0.2, -0.15) is 0 Å². The topological polar surface area (TPSA) is 49.8 Å². The van der Waals surface area contributed by atoms with E-state index in [0.717, 1.165) is 44.2 Å². The molecule has 1 amide bonds. The molecule has 1 aliphatic carbocycles. The second-order valence-corrected chi connectivity index (χ2v) is 17.8. The molecule has 5 heteroatoms. The van der Waals surface area contributed by atoms with Gasteiger partial charge in [0.2, 0.25) is 5.91 Å². The van der Waals surface area contributed by atoms with E-state index in [1.54, 1.807) is 11.9 Å². The van der Waals surface area contributed by atoms with E-state index in [-0.39, 0.29) is 29.4 Å². The molecule has 0 spiro atoms. The number of unbranched alkanes of at least 4 members (excludes halogenated alkanes) is 1. The van der Waals surface area contributed by atoms with E-state index in [1.165, 1.54) is 5.56 Å². The van der Waals surface area contributed by atoms with Gasteiger partial charge in [0.05, 0.1) is 18.1 Å². The van der Waals surface area contributed by atoms with Gasteiger partial charge in [-0.15, -0.1) is 0 Å². The van der Waals surface area contributed by atoms with E-state index in [2.05, 4.69) is 76.3 Å². The molecule has 0 aliphatic heterocycles. The van der Waals surface area contributed by atoms with Gasteiger partial charge in [0.15, 0.2) is 8.32 Å². The van der Waals surface area contributed by atoms with Crippen molar-refractivity contribution in [3.63, 3.8) is 0 Å². The maximum absolute atomic E-state index is 13.0. The number of amides is 1. The van der Waals surface area contributed by atoms with Crippen LogP contribution in [0.3, 0.4) is 0 Å². The van der Waals surface area contributed by atoms with E-state index < -0.39 is 13.9 Å². The van der Waals surface area contributed by atoms with Crippen LogP contribution in [0.25, 0.3) is 0 Å². The molecule has 1 saturated carbocycles. The minimum Gasteiger partial charge on any atom is -0.411 e. The third-order valence-corrected chi connectivity index (χ3v) is 13.3. The quantitative estimate of drug-likeness (QED) is 0.164. The number of nitrogens with zero attached hydrogens (tertiary/aromatic N) is 1. The Kier molecular flexibility index (Phi) is 11.2. The Morgan fingerprint density at radius 2 is 1.74 bits per heavy atom. The van der Waals surface area contributed by atoms with Crippen LogP contribution in [0.1, 0.15) is 77.7 Å². The standard InChI is InChI=1S/C34H51NO3Si/c1-33(2,3)39(5,6)38-31(22-14-13-18-28-16-9-7-10-17-28)24-23-29-19-15-25-34(37,26-29)27-32(36)35(4)30-20-11-8-12-21-30/h7-12,16-17,20-21,23-24,29,31,37H,13-15,18-19,22,25-27H2,1-6H3/b24-23+/t29-,31?,34+/m1/s1. The average molecular weight is 550 g/mol. The normalized spacial score (nSPS) is 21.2. The van der Waals surface area contributed by atoms with Gasteiger partial charge in [-0.3, -0.25) is 4.79 Å². The number of allylic oxidation sites excluding steroid dienone is 1. The zero-order valence-corrected chi connectivity index (χ0v) is 26.2. The summed E-state index contributed by atoms with van der Waals surface area (Å²) in [4.78, 5) is 14.7. The summed E-state index contributed by atoms with van der Waals surface area (Å²) in [6, 6.07) is 20.4. The molecule has 0 radical (unpaired) electrons. The highest BCUT2D eigenvalue weighted by Gasteiger charge is 2.39. The summed E-state index contributed by atoms with van der Waals surface area (Å²) >= 11 is 0. The molecule has 3 atom stereocenters. The minimum atomic E-state index is -1.92. The van der Waals surface area contributed by atoms with Gasteiger partial charge in [-0.05, 0) is 86.7 Å². The zero-order valence-electron chi connectivity index (χ0n) is 25.2. The number of hydrogen-bond acceptors (Lipinski definition) is 3. The molecule has 1 unspecified atom stereocenters. The molecule has 39 heavy (non-hydrogen) atoms. The molecule has 0 saturated heterocycles. The van der Waals surface area contributed by atoms with Crippen LogP contribution in [0.5, 0.6) is 0 Å². The first-order valence-electron chi connectivity index (χ1n) is 14.8. The van der Waals surface area contributed by atoms with E-state index in [9.17, 15) is 9.90 Å². The number of anilines is 1. The highest BCUT2D eigenvalue weighted by molar-refractivity contribution is 6.74. The Bertz CT molecular complexity index is 1050. The molecule has 0 aromatic heterocycles. The monoisotopic (exact) mass is 549 g/mol. The molecule has 1 fully saturated rings. The number of para-hydroxylation sites is 1. The van der Waals surface area contributed by atoms with Gasteiger partial charge < -0.3 is 14.4 Å². The first-order chi connectivity index (χ1) is 18.4. The molecule has 2 aromatic rings. The number of aliphatic hydroxyl groups is 1. The van der Waals surface area contributed by atoms with Crippen LogP contribution in [0.4, 0.5) is 5.69 Å². The van der Waals surface area contributed by atoms with Crippen LogP contribution in [0.15, 0.2) is 72.8 Å². The molecular weight excluding hydrogens is 498 g/mol. The van der Waals surface area contributed by atoms with E-state index >= 15 is 0 Å². The molecule has 1 aliphatic rings. The predicted octanol–water partition coefficient (Wildman–Crippen LogP) is 8.32. The lowest BCUT2D eigenvalue weighted by Crippen LogP contribution is -2.43. The van der Waals surface area contributed by atoms with Crippen LogP contribution in [0, 0.1) is 5.92 Å². The summed E-state index contributed by atoms with van der Waals surface area (Å²) in [6.45, 7) is 11.5. The number of hydrogen-bond donors (Lipinski definition) is 1. The second-order valence-electron chi connectivity index (χ2n) is 13.1. The first-order valence-corrected chi connectivity index (χ1v) is 17.7. The third-order valence-electron chi connectivity index (χ3n) is 8.75. The Hall–Kier alpha value is -2.21. The Labute approximate surface area is 238 Å². The number of aryl methyl sites for hydroxylation is 1. The molecule has 3 rings (SSSR count). The second kappa shape index (κ2) is 13.9. The fourth-order valence-electron chi connectivity index (χ4n) is 5.26. The highest BCUT2D eigenvalue weighted by Crippen LogP contribution is 2.39. The van der Waals surface area contributed by atoms with Crippen molar-refractivity contribution >= 4 is 19.9 Å². The fraction of sp³-hybridized carbons (Fsp3) is 0.559. The van der Waals surface area contributed by atoms with Crippen LogP contribution in [-0.2, 0) is 15.6 Å². The molecule has 2 aromatic carbocycles. The zero-order chi connectivity index (χ0) is 28.5. The Morgan fingerprint density at radius 1 is 1.10 bits per heavy atom. The maximum atomic E-state index is 13.0. The predicted molar refractivity (Wildman–Crippen MR) is 167 cm³/mol. The summed E-state index contributed by atoms with van der Waals surface area (Å²) in [5.41, 5.74) is 1.29. The van der Waals surface area contributed by atoms with Gasteiger partial charge in [0.1, 0.15) is 0 Å². The van der Waals surface area contributed by atoms with Gasteiger partial charge >= 0.3 is 0 Å². The van der Waals surface area contributed by atoms with E-state index in [1.807, 2.05) is 30.3 Å². The number of benzene rings is 2. The van der Waals surface area contributed by atoms with Crippen molar-refractivity contribution < 1.29 is 14.3 Å². The lowest BCUT2D eigenvalue weighted by atomic mass is 9.76. The van der Waals surface area contributed by atoms with Crippen LogP contribution in [-0.4, -0.2) is 38.1 Å². The van der Waals surface area contributed by atoms with Crippen LogP contribution < -0.4 is 4.90 Å². The van der Waals surface area contributed by atoms with Crippen molar-refractivity contribution in [2.24, 2.45) is 5.92 Å². The third kappa shape index (κ3) is 9.73. The van der Waals surface area contributed by atoms with E-state index in [4.69, 9.17) is 4.43 Å². The Balaban J connectivity index is 1.61. The SMILES string of the molecule is CN(C(=O)C[C@]1(O)CCC[C@H](/C=C/C(CCCCc2ccccc2)O[Si](C)(C)C(C)(C)C)C1)c1ccccc1. The maximum Gasteiger partial charge on any atom is 0.229 e. The number of carbonyl (C=O) groups excluding carboxylic acids is 1. The molecule has 214 valence electrons. The summed E-state index contributed by atoms with van der Waals surface area (Å²) in [5, 5.41) is 11.6. The van der Waals surface area contributed by atoms with Crippen molar-refractivity contribution in [2.45, 2.75) is 108 Å². The molecule has 1 N–H and O–H groups in total. The van der Waals surface area contributed by atoms with Crippen molar-refractivity contribution in [1.29, 1.82) is 0 Å². The summed E-state index contributed by atoms with van der Waals surface area (Å²) < 4.78 is 6.87. The molecular formula is C34H51NO3Si. The fourth-order valence-corrected chi connectivity index (χ4v) is 6.56. The number of carbonyl (C=O) groups is 1. The first kappa shape index (κ1) is 31.3. The number of rotatable bonds is 12. The highest BCUT2D eigenvalue weighted by atomic mass is 28.4. The van der Waals surface area contributed by atoms with E-state index in [0.29, 0.717) is 12.8 Å².